The first kappa shape index (κ1) is 17.8. The lowest BCUT2D eigenvalue weighted by molar-refractivity contribution is -0.274. The molecule has 0 saturated carbocycles. The highest BCUT2D eigenvalue weighted by atomic mass is 79.9. The molecule has 23 heavy (non-hydrogen) atoms. The van der Waals surface area contributed by atoms with Gasteiger partial charge in [0.2, 0.25) is 0 Å². The van der Waals surface area contributed by atoms with Crippen LogP contribution in [-0.4, -0.2) is 12.3 Å². The fourth-order valence-electron chi connectivity index (χ4n) is 1.75. The number of carbonyl (C=O) groups is 1. The molecule has 1 amide bonds. The second kappa shape index (κ2) is 6.92. The number of nitrogens with one attached hydrogen (secondary N) is 1. The van der Waals surface area contributed by atoms with Crippen molar-refractivity contribution in [2.45, 2.75) is 13.3 Å². The van der Waals surface area contributed by atoms with Gasteiger partial charge in [-0.1, -0.05) is 17.7 Å². The highest BCUT2D eigenvalue weighted by Crippen LogP contribution is 2.37. The van der Waals surface area contributed by atoms with E-state index in [1.54, 1.807) is 24.3 Å². The first-order chi connectivity index (χ1) is 10.7. The third kappa shape index (κ3) is 4.97. The third-order valence-electron chi connectivity index (χ3n) is 2.80. The number of alkyl halides is 3. The number of halogens is 5. The number of hydrogen-bond acceptors (Lipinski definition) is 2. The van der Waals surface area contributed by atoms with Crippen molar-refractivity contribution in [2.75, 3.05) is 5.32 Å². The van der Waals surface area contributed by atoms with Crippen LogP contribution in [0.5, 0.6) is 5.75 Å². The van der Waals surface area contributed by atoms with Gasteiger partial charge in [0, 0.05) is 14.5 Å². The smallest absolute Gasteiger partial charge is 0.406 e. The Hall–Kier alpha value is -1.54. The molecule has 1 N–H and O–H groups in total. The van der Waals surface area contributed by atoms with Crippen molar-refractivity contribution >= 4 is 43.5 Å². The molecule has 0 aromatic heterocycles. The molecule has 2 aromatic rings. The van der Waals surface area contributed by atoms with E-state index in [4.69, 9.17) is 0 Å². The van der Waals surface area contributed by atoms with E-state index in [9.17, 15) is 18.0 Å². The van der Waals surface area contributed by atoms with E-state index >= 15 is 0 Å². The predicted octanol–water partition coefficient (Wildman–Crippen LogP) is 5.67. The van der Waals surface area contributed by atoms with E-state index < -0.39 is 12.1 Å². The van der Waals surface area contributed by atoms with Crippen LogP contribution in [0.15, 0.2) is 45.3 Å². The molecule has 0 bridgehead atoms. The molecule has 0 aliphatic heterocycles. The monoisotopic (exact) mass is 451 g/mol. The van der Waals surface area contributed by atoms with Crippen molar-refractivity contribution < 1.29 is 22.7 Å². The highest BCUT2D eigenvalue weighted by molar-refractivity contribution is 9.11. The zero-order valence-corrected chi connectivity index (χ0v) is 14.8. The molecule has 0 radical (unpaired) electrons. The van der Waals surface area contributed by atoms with Crippen molar-refractivity contribution in [3.63, 3.8) is 0 Å². The number of carbonyl (C=O) groups excluding carboxylic acids is 1. The molecule has 0 spiro atoms. The van der Waals surface area contributed by atoms with Crippen molar-refractivity contribution in [1.29, 1.82) is 0 Å². The van der Waals surface area contributed by atoms with Gasteiger partial charge in [-0.05, 0) is 63.0 Å². The van der Waals surface area contributed by atoms with Crippen LogP contribution in [-0.2, 0) is 0 Å². The molecule has 0 aliphatic rings. The van der Waals surface area contributed by atoms with E-state index in [0.717, 1.165) is 17.7 Å². The largest absolute Gasteiger partial charge is 0.573 e. The maximum absolute atomic E-state index is 12.2. The van der Waals surface area contributed by atoms with Gasteiger partial charge in [-0.3, -0.25) is 4.79 Å². The number of ether oxygens (including phenoxy) is 1. The number of amides is 1. The lowest BCUT2D eigenvalue weighted by Gasteiger charge is -2.14. The number of rotatable bonds is 3. The Morgan fingerprint density at radius 2 is 1.61 bits per heavy atom. The molecule has 0 aliphatic carbocycles. The van der Waals surface area contributed by atoms with Crippen LogP contribution in [0.3, 0.4) is 0 Å². The summed E-state index contributed by atoms with van der Waals surface area (Å²) in [5.74, 6) is -0.777. The number of anilines is 1. The summed E-state index contributed by atoms with van der Waals surface area (Å²) in [7, 11) is 0. The third-order valence-corrected chi connectivity index (χ3v) is 4.05. The van der Waals surface area contributed by atoms with Crippen molar-refractivity contribution in [2.24, 2.45) is 0 Å². The zero-order valence-electron chi connectivity index (χ0n) is 11.7. The zero-order chi connectivity index (χ0) is 17.2. The van der Waals surface area contributed by atoms with Gasteiger partial charge in [0.1, 0.15) is 5.75 Å². The maximum atomic E-state index is 12.2. The van der Waals surface area contributed by atoms with Crippen molar-refractivity contribution in [3.05, 3.63) is 56.5 Å². The van der Waals surface area contributed by atoms with E-state index in [1.807, 2.05) is 6.92 Å². The summed E-state index contributed by atoms with van der Waals surface area (Å²) in [6.45, 7) is 1.90. The Morgan fingerprint density at radius 1 is 1.09 bits per heavy atom. The first-order valence-corrected chi connectivity index (χ1v) is 7.87. The Bertz CT molecular complexity index is 707. The number of aryl methyl sites for hydroxylation is 1. The average Bonchev–Trinajstić information content (AvgIpc) is 2.41. The van der Waals surface area contributed by atoms with Gasteiger partial charge in [-0.25, -0.2) is 0 Å². The molecular weight excluding hydrogens is 443 g/mol. The molecule has 0 atom stereocenters. The van der Waals surface area contributed by atoms with Gasteiger partial charge in [0.25, 0.3) is 5.91 Å². The summed E-state index contributed by atoms with van der Waals surface area (Å²) < 4.78 is 41.1. The van der Waals surface area contributed by atoms with Crippen LogP contribution in [0.25, 0.3) is 0 Å². The second-order valence-corrected chi connectivity index (χ2v) is 6.34. The Labute approximate surface area is 147 Å². The summed E-state index contributed by atoms with van der Waals surface area (Å²) in [5.41, 5.74) is 1.76. The molecule has 0 fully saturated rings. The van der Waals surface area contributed by atoms with Crippen molar-refractivity contribution in [1.82, 2.24) is 0 Å². The van der Waals surface area contributed by atoms with Crippen LogP contribution in [0.4, 0.5) is 18.9 Å². The van der Waals surface area contributed by atoms with Crippen LogP contribution >= 0.6 is 31.9 Å². The second-order valence-electron chi connectivity index (χ2n) is 4.63. The minimum Gasteiger partial charge on any atom is -0.406 e. The minimum absolute atomic E-state index is 0.256. The first-order valence-electron chi connectivity index (χ1n) is 6.28. The molecule has 0 unspecified atom stereocenters. The summed E-state index contributed by atoms with van der Waals surface area (Å²) in [6, 6.07) is 9.16. The van der Waals surface area contributed by atoms with Crippen LogP contribution in [0, 0.1) is 6.92 Å². The molecule has 8 heteroatoms. The summed E-state index contributed by atoms with van der Waals surface area (Å²) in [6.07, 6.45) is -4.79. The van der Waals surface area contributed by atoms with Crippen molar-refractivity contribution in [3.8, 4) is 5.75 Å². The van der Waals surface area contributed by atoms with Gasteiger partial charge in [-0.15, -0.1) is 13.2 Å². The molecule has 0 heterocycles. The molecule has 2 aromatic carbocycles. The van der Waals surface area contributed by atoms with E-state index in [1.165, 1.54) is 0 Å². The normalized spacial score (nSPS) is 11.2. The molecular formula is C15H10Br2F3NO2. The van der Waals surface area contributed by atoms with Gasteiger partial charge in [0.05, 0.1) is 5.69 Å². The fourth-order valence-corrected chi connectivity index (χ4v) is 3.10. The highest BCUT2D eigenvalue weighted by Gasteiger charge is 2.31. The number of hydrogen-bond donors (Lipinski definition) is 1. The lowest BCUT2D eigenvalue weighted by Crippen LogP contribution is -2.17. The topological polar surface area (TPSA) is 38.3 Å². The van der Waals surface area contributed by atoms with Gasteiger partial charge in [-0.2, -0.15) is 0 Å². The lowest BCUT2D eigenvalue weighted by atomic mass is 10.1. The Morgan fingerprint density at radius 3 is 2.09 bits per heavy atom. The molecule has 3 nitrogen and oxygen atoms in total. The maximum Gasteiger partial charge on any atom is 0.573 e. The fraction of sp³-hybridized carbons (Fsp3) is 0.133. The van der Waals surface area contributed by atoms with Crippen LogP contribution in [0.2, 0.25) is 0 Å². The SMILES string of the molecule is Cc1ccc(C(=O)Nc2c(Br)cc(OC(F)(F)F)cc2Br)cc1. The average molecular weight is 453 g/mol. The summed E-state index contributed by atoms with van der Waals surface area (Å²) in [5, 5.41) is 2.63. The standard InChI is InChI=1S/C15H10Br2F3NO2/c1-8-2-4-9(5-3-8)14(22)21-13-11(16)6-10(7-12(13)17)23-15(18,19)20/h2-7H,1H3,(H,21,22). The van der Waals surface area contributed by atoms with E-state index in [0.29, 0.717) is 11.3 Å². The van der Waals surface area contributed by atoms with Gasteiger partial charge < -0.3 is 10.1 Å². The van der Waals surface area contributed by atoms with Gasteiger partial charge in [0.15, 0.2) is 0 Å². The molecule has 2 rings (SSSR count). The van der Waals surface area contributed by atoms with E-state index in [2.05, 4.69) is 41.9 Å². The predicted molar refractivity (Wildman–Crippen MR) is 87.7 cm³/mol. The minimum atomic E-state index is -4.79. The van der Waals surface area contributed by atoms with Gasteiger partial charge >= 0.3 is 6.36 Å². The Balaban J connectivity index is 2.23. The Kier molecular flexibility index (Phi) is 5.36. The van der Waals surface area contributed by atoms with Crippen LogP contribution < -0.4 is 10.1 Å². The summed E-state index contributed by atoms with van der Waals surface area (Å²) in [4.78, 5) is 12.2. The molecule has 0 saturated heterocycles. The molecule has 122 valence electrons. The van der Waals surface area contributed by atoms with Crippen LogP contribution in [0.1, 0.15) is 15.9 Å². The quantitative estimate of drug-likeness (QED) is 0.651. The summed E-state index contributed by atoms with van der Waals surface area (Å²) >= 11 is 6.25. The van der Waals surface area contributed by atoms with E-state index in [-0.39, 0.29) is 14.9 Å². The number of benzene rings is 2.